The Bertz CT molecular complexity index is 1030. The van der Waals surface area contributed by atoms with Crippen molar-refractivity contribution in [2.24, 2.45) is 5.41 Å². The molecule has 2 N–H and O–H groups in total. The maximum Gasteiger partial charge on any atom is 0.131 e. The Kier molecular flexibility index (Phi) is 4.64. The smallest absolute Gasteiger partial charge is 0.131 e. The van der Waals surface area contributed by atoms with Crippen LogP contribution >= 0.6 is 11.6 Å². The van der Waals surface area contributed by atoms with Gasteiger partial charge in [0, 0.05) is 41.8 Å². The highest BCUT2D eigenvalue weighted by molar-refractivity contribution is 7.85. The number of aliphatic hydroxyl groups is 1. The zero-order valence-electron chi connectivity index (χ0n) is 17.6. The minimum absolute atomic E-state index is 0.116. The molecule has 5 nitrogen and oxygen atoms in total. The number of hydrogen-bond donors (Lipinski definition) is 2. The number of aromatic nitrogens is 1. The first-order valence-corrected chi connectivity index (χ1v) is 13.0. The second-order valence-electron chi connectivity index (χ2n) is 10.0. The number of halogens is 1. The molecule has 2 saturated carbocycles. The number of anilines is 2. The molecule has 1 aromatic heterocycles. The molecule has 164 valence electrons. The summed E-state index contributed by atoms with van der Waals surface area (Å²) in [5.41, 5.74) is 3.45. The molecule has 31 heavy (non-hydrogen) atoms. The lowest BCUT2D eigenvalue weighted by Crippen LogP contribution is -2.62. The molecule has 1 saturated heterocycles. The third kappa shape index (κ3) is 3.30. The summed E-state index contributed by atoms with van der Waals surface area (Å²) < 4.78 is 12.6. The molecular weight excluding hydrogens is 430 g/mol. The van der Waals surface area contributed by atoms with Gasteiger partial charge in [-0.05, 0) is 55.7 Å². The molecule has 1 aromatic carbocycles. The van der Waals surface area contributed by atoms with Crippen molar-refractivity contribution in [2.75, 3.05) is 35.7 Å². The van der Waals surface area contributed by atoms with Gasteiger partial charge in [-0.15, -0.1) is 0 Å². The van der Waals surface area contributed by atoms with E-state index in [1.54, 1.807) is 0 Å². The highest BCUT2D eigenvalue weighted by Crippen LogP contribution is 2.57. The summed E-state index contributed by atoms with van der Waals surface area (Å²) in [6, 6.07) is 10.4. The first-order chi connectivity index (χ1) is 15.0. The number of pyridine rings is 1. The first kappa shape index (κ1) is 20.0. The Morgan fingerprint density at radius 2 is 1.97 bits per heavy atom. The van der Waals surface area contributed by atoms with Gasteiger partial charge in [0.05, 0.1) is 39.2 Å². The van der Waals surface area contributed by atoms with Crippen molar-refractivity contribution in [3.63, 3.8) is 0 Å². The first-order valence-electron chi connectivity index (χ1n) is 11.3. The van der Waals surface area contributed by atoms with Gasteiger partial charge in [0.25, 0.3) is 0 Å². The molecular formula is C24H28ClN3O2S. The van der Waals surface area contributed by atoms with Gasteiger partial charge >= 0.3 is 0 Å². The summed E-state index contributed by atoms with van der Waals surface area (Å²) in [4.78, 5) is 8.15. The van der Waals surface area contributed by atoms with Crippen LogP contribution in [0.4, 0.5) is 11.5 Å². The fraction of sp³-hybridized carbons (Fsp3) is 0.542. The summed E-state index contributed by atoms with van der Waals surface area (Å²) in [6.45, 7) is 2.19. The van der Waals surface area contributed by atoms with Crippen molar-refractivity contribution in [2.45, 2.75) is 54.9 Å². The van der Waals surface area contributed by atoms with E-state index >= 15 is 0 Å². The number of aliphatic hydroxyl groups excluding tert-OH is 1. The largest absolute Gasteiger partial charge is 0.394 e. The van der Waals surface area contributed by atoms with Crippen LogP contribution in [0.15, 0.2) is 35.2 Å². The summed E-state index contributed by atoms with van der Waals surface area (Å²) in [5, 5.41) is 14.3. The van der Waals surface area contributed by atoms with Crippen LogP contribution in [-0.4, -0.2) is 45.3 Å². The minimum Gasteiger partial charge on any atom is -0.394 e. The zero-order chi connectivity index (χ0) is 21.2. The SMILES string of the molecule is O=S1CCc2nc(N3CC4(CC(c5ccc(Cl)cc5)C4)C3)cc(NC3(CO)CCC3)c21. The van der Waals surface area contributed by atoms with Crippen LogP contribution in [0, 0.1) is 5.41 Å². The number of benzene rings is 1. The second-order valence-corrected chi connectivity index (χ2v) is 12.0. The van der Waals surface area contributed by atoms with E-state index in [1.807, 2.05) is 12.1 Å². The van der Waals surface area contributed by atoms with Crippen LogP contribution in [0.25, 0.3) is 0 Å². The molecule has 3 heterocycles. The van der Waals surface area contributed by atoms with Gasteiger partial charge in [-0.2, -0.15) is 0 Å². The van der Waals surface area contributed by atoms with Crippen molar-refractivity contribution in [3.8, 4) is 0 Å². The number of hydrogen-bond acceptors (Lipinski definition) is 5. The molecule has 2 aromatic rings. The zero-order valence-corrected chi connectivity index (χ0v) is 19.1. The number of aryl methyl sites for hydroxylation is 1. The van der Waals surface area contributed by atoms with E-state index in [0.717, 1.165) is 65.9 Å². The Morgan fingerprint density at radius 3 is 2.61 bits per heavy atom. The highest BCUT2D eigenvalue weighted by atomic mass is 35.5. The van der Waals surface area contributed by atoms with Gasteiger partial charge < -0.3 is 15.3 Å². The molecule has 1 unspecified atom stereocenters. The van der Waals surface area contributed by atoms with Crippen molar-refractivity contribution in [1.82, 2.24) is 4.98 Å². The third-order valence-corrected chi connectivity index (χ3v) is 9.61. The lowest BCUT2D eigenvalue weighted by Gasteiger charge is -2.59. The van der Waals surface area contributed by atoms with Crippen molar-refractivity contribution in [1.29, 1.82) is 0 Å². The molecule has 1 atom stereocenters. The lowest BCUT2D eigenvalue weighted by atomic mass is 9.56. The fourth-order valence-corrected chi connectivity index (χ4v) is 7.37. The molecule has 4 aliphatic rings. The Morgan fingerprint density at radius 1 is 1.23 bits per heavy atom. The van der Waals surface area contributed by atoms with Crippen LogP contribution < -0.4 is 10.2 Å². The van der Waals surface area contributed by atoms with Crippen molar-refractivity contribution in [3.05, 3.63) is 46.6 Å². The molecule has 0 bridgehead atoms. The molecule has 2 aliphatic carbocycles. The van der Waals surface area contributed by atoms with E-state index in [4.69, 9.17) is 16.6 Å². The average molecular weight is 458 g/mol. The maximum absolute atomic E-state index is 12.6. The predicted octanol–water partition coefficient (Wildman–Crippen LogP) is 4.11. The molecule has 2 aliphatic heterocycles. The Labute approximate surface area is 190 Å². The Balaban J connectivity index is 1.18. The highest BCUT2D eigenvalue weighted by Gasteiger charge is 2.53. The maximum atomic E-state index is 12.6. The van der Waals surface area contributed by atoms with Gasteiger partial charge in [0.2, 0.25) is 0 Å². The van der Waals surface area contributed by atoms with Gasteiger partial charge in [0.15, 0.2) is 0 Å². The molecule has 3 fully saturated rings. The van der Waals surface area contributed by atoms with E-state index in [-0.39, 0.29) is 12.1 Å². The standard InChI is InChI=1S/C24H28ClN3O2S/c25-18-4-2-16(3-5-18)17-11-23(12-17)13-28(14-23)21-10-20(27-24(15-29)7-1-8-24)22-19(26-21)6-9-31(22)30/h2-5,10,17,29H,1,6-9,11-15H2,(H,26,27). The predicted molar refractivity (Wildman–Crippen MR) is 125 cm³/mol. The van der Waals surface area contributed by atoms with E-state index in [1.165, 1.54) is 18.4 Å². The molecule has 6 rings (SSSR count). The summed E-state index contributed by atoms with van der Waals surface area (Å²) >= 11 is 6.03. The van der Waals surface area contributed by atoms with E-state index in [2.05, 4.69) is 28.4 Å². The summed E-state index contributed by atoms with van der Waals surface area (Å²) in [7, 11) is -0.997. The summed E-state index contributed by atoms with van der Waals surface area (Å²) in [5.74, 6) is 2.28. The molecule has 0 amide bonds. The van der Waals surface area contributed by atoms with Crippen LogP contribution in [0.3, 0.4) is 0 Å². The van der Waals surface area contributed by atoms with Crippen molar-refractivity contribution >= 4 is 33.9 Å². The monoisotopic (exact) mass is 457 g/mol. The van der Waals surface area contributed by atoms with Crippen LogP contribution in [-0.2, 0) is 17.2 Å². The van der Waals surface area contributed by atoms with Gasteiger partial charge in [-0.1, -0.05) is 23.7 Å². The van der Waals surface area contributed by atoms with Crippen LogP contribution in [0.5, 0.6) is 0 Å². The van der Waals surface area contributed by atoms with Gasteiger partial charge in [0.1, 0.15) is 5.82 Å². The van der Waals surface area contributed by atoms with Gasteiger partial charge in [-0.25, -0.2) is 4.98 Å². The second kappa shape index (κ2) is 7.19. The normalized spacial score (nSPS) is 25.5. The minimum atomic E-state index is -0.997. The van der Waals surface area contributed by atoms with Gasteiger partial charge in [-0.3, -0.25) is 4.21 Å². The van der Waals surface area contributed by atoms with E-state index < -0.39 is 10.8 Å². The number of nitrogens with zero attached hydrogens (tertiary/aromatic N) is 2. The average Bonchev–Trinajstić information content (AvgIpc) is 3.05. The number of nitrogens with one attached hydrogen (secondary N) is 1. The Hall–Kier alpha value is -1.63. The number of rotatable bonds is 5. The third-order valence-electron chi connectivity index (χ3n) is 7.87. The van der Waals surface area contributed by atoms with Crippen LogP contribution in [0.1, 0.15) is 49.3 Å². The van der Waals surface area contributed by atoms with E-state index in [9.17, 15) is 9.32 Å². The summed E-state index contributed by atoms with van der Waals surface area (Å²) in [6.07, 6.45) is 6.26. The fourth-order valence-electron chi connectivity index (χ4n) is 5.89. The molecule has 7 heteroatoms. The van der Waals surface area contributed by atoms with E-state index in [0.29, 0.717) is 17.1 Å². The topological polar surface area (TPSA) is 65.5 Å². The van der Waals surface area contributed by atoms with Crippen LogP contribution in [0.2, 0.25) is 5.02 Å². The quantitative estimate of drug-likeness (QED) is 0.707. The van der Waals surface area contributed by atoms with Crippen molar-refractivity contribution < 1.29 is 9.32 Å². The number of fused-ring (bicyclic) bond motifs is 1. The molecule has 1 spiro atoms. The lowest BCUT2D eigenvalue weighted by molar-refractivity contribution is 0.0627. The molecule has 0 radical (unpaired) electrons.